The Morgan fingerprint density at radius 2 is 2.11 bits per heavy atom. The molecule has 0 aliphatic heterocycles. The van der Waals surface area contributed by atoms with Crippen LogP contribution in [0.2, 0.25) is 0 Å². The van der Waals surface area contributed by atoms with E-state index in [1.54, 1.807) is 7.11 Å². The van der Waals surface area contributed by atoms with Crippen LogP contribution in [0.5, 0.6) is 5.75 Å². The van der Waals surface area contributed by atoms with Crippen LogP contribution in [0.15, 0.2) is 36.4 Å². The van der Waals surface area contributed by atoms with Gasteiger partial charge in [-0.2, -0.15) is 0 Å². The zero-order valence-corrected chi connectivity index (χ0v) is 11.4. The molecule has 0 spiro atoms. The first-order valence-corrected chi connectivity index (χ1v) is 6.45. The van der Waals surface area contributed by atoms with E-state index in [-0.39, 0.29) is 6.04 Å². The first-order valence-electron chi connectivity index (χ1n) is 6.45. The van der Waals surface area contributed by atoms with Gasteiger partial charge in [-0.05, 0) is 41.8 Å². The third-order valence-electron chi connectivity index (χ3n) is 3.20. The summed E-state index contributed by atoms with van der Waals surface area (Å²) in [6.45, 7) is 1.84. The largest absolute Gasteiger partial charge is 0.497 e. The van der Waals surface area contributed by atoms with Gasteiger partial charge in [0.1, 0.15) is 5.75 Å². The molecule has 1 atom stereocenters. The lowest BCUT2D eigenvalue weighted by molar-refractivity contribution is 0.415. The number of hydrogen-bond acceptors (Lipinski definition) is 2. The molecule has 2 N–H and O–H groups in total. The van der Waals surface area contributed by atoms with Crippen molar-refractivity contribution in [3.63, 3.8) is 0 Å². The van der Waals surface area contributed by atoms with Gasteiger partial charge in [-0.3, -0.25) is 0 Å². The first-order chi connectivity index (χ1) is 9.24. The van der Waals surface area contributed by atoms with E-state index < -0.39 is 0 Å². The number of benzene rings is 2. The number of fused-ring (bicyclic) bond motifs is 1. The standard InChI is InChI=1S/C17H19NO/c1-3-4-8-15(18)11-14-7-5-6-13-9-10-16(19-2)12-17(13)14/h5-7,9-10,12,15H,8,11,18H2,1-2H3. The highest BCUT2D eigenvalue weighted by atomic mass is 16.5. The van der Waals surface area contributed by atoms with Gasteiger partial charge < -0.3 is 10.5 Å². The Labute approximate surface area is 114 Å². The Morgan fingerprint density at radius 3 is 2.84 bits per heavy atom. The molecule has 2 rings (SSSR count). The summed E-state index contributed by atoms with van der Waals surface area (Å²) in [7, 11) is 1.69. The smallest absolute Gasteiger partial charge is 0.119 e. The Bertz CT molecular complexity index is 622. The van der Waals surface area contributed by atoms with E-state index in [1.165, 1.54) is 16.3 Å². The van der Waals surface area contributed by atoms with Crippen molar-refractivity contribution in [3.8, 4) is 17.6 Å². The van der Waals surface area contributed by atoms with Crippen LogP contribution in [-0.4, -0.2) is 13.2 Å². The highest BCUT2D eigenvalue weighted by Crippen LogP contribution is 2.25. The number of hydrogen-bond donors (Lipinski definition) is 1. The minimum Gasteiger partial charge on any atom is -0.497 e. The fraction of sp³-hybridized carbons (Fsp3) is 0.294. The summed E-state index contributed by atoms with van der Waals surface area (Å²) < 4.78 is 5.29. The second kappa shape index (κ2) is 6.26. The number of nitrogens with two attached hydrogens (primary N) is 1. The van der Waals surface area contributed by atoms with Crippen LogP contribution in [0.4, 0.5) is 0 Å². The van der Waals surface area contributed by atoms with Gasteiger partial charge in [0, 0.05) is 12.5 Å². The maximum Gasteiger partial charge on any atom is 0.119 e. The molecule has 0 saturated heterocycles. The number of ether oxygens (including phenoxy) is 1. The fourth-order valence-electron chi connectivity index (χ4n) is 2.21. The van der Waals surface area contributed by atoms with Crippen molar-refractivity contribution < 1.29 is 4.74 Å². The molecule has 0 radical (unpaired) electrons. The van der Waals surface area contributed by atoms with Crippen molar-refractivity contribution in [2.75, 3.05) is 7.11 Å². The molecule has 2 nitrogen and oxygen atoms in total. The van der Waals surface area contributed by atoms with Crippen LogP contribution >= 0.6 is 0 Å². The van der Waals surface area contributed by atoms with Gasteiger partial charge in [-0.1, -0.05) is 24.3 Å². The molecule has 1 unspecified atom stereocenters. The number of methoxy groups -OCH3 is 1. The van der Waals surface area contributed by atoms with E-state index >= 15 is 0 Å². The van der Waals surface area contributed by atoms with E-state index in [0.29, 0.717) is 0 Å². The second-order valence-electron chi connectivity index (χ2n) is 4.60. The van der Waals surface area contributed by atoms with Crippen LogP contribution in [0.3, 0.4) is 0 Å². The monoisotopic (exact) mass is 253 g/mol. The summed E-state index contributed by atoms with van der Waals surface area (Å²) in [4.78, 5) is 0. The van der Waals surface area contributed by atoms with E-state index in [4.69, 9.17) is 10.5 Å². The van der Waals surface area contributed by atoms with Crippen LogP contribution < -0.4 is 10.5 Å². The molecule has 19 heavy (non-hydrogen) atoms. The first kappa shape index (κ1) is 13.5. The van der Waals surface area contributed by atoms with Crippen LogP contribution in [0.1, 0.15) is 18.9 Å². The van der Waals surface area contributed by atoms with Crippen LogP contribution in [-0.2, 0) is 6.42 Å². The van der Waals surface area contributed by atoms with Crippen molar-refractivity contribution in [2.45, 2.75) is 25.8 Å². The summed E-state index contributed by atoms with van der Waals surface area (Å²) in [6.07, 6.45) is 1.57. The van der Waals surface area contributed by atoms with Crippen molar-refractivity contribution in [3.05, 3.63) is 42.0 Å². The maximum atomic E-state index is 6.12. The maximum absolute atomic E-state index is 6.12. The average Bonchev–Trinajstić information content (AvgIpc) is 2.45. The highest BCUT2D eigenvalue weighted by Gasteiger charge is 2.07. The Kier molecular flexibility index (Phi) is 4.43. The summed E-state index contributed by atoms with van der Waals surface area (Å²) in [5, 5.41) is 2.42. The normalized spacial score (nSPS) is 11.7. The molecule has 0 heterocycles. The molecule has 2 aromatic rings. The van der Waals surface area contributed by atoms with E-state index in [1.807, 2.05) is 13.0 Å². The van der Waals surface area contributed by atoms with Crippen LogP contribution in [0.25, 0.3) is 10.8 Å². The molecule has 0 saturated carbocycles. The Hall–Kier alpha value is -1.98. The van der Waals surface area contributed by atoms with Gasteiger partial charge in [-0.25, -0.2) is 0 Å². The van der Waals surface area contributed by atoms with Gasteiger partial charge in [-0.15, -0.1) is 11.8 Å². The molecule has 0 bridgehead atoms. The minimum atomic E-state index is 0.0734. The predicted octanol–water partition coefficient (Wildman–Crippen LogP) is 3.13. The lowest BCUT2D eigenvalue weighted by Gasteiger charge is -2.12. The molecule has 0 amide bonds. The molecule has 2 aromatic carbocycles. The van der Waals surface area contributed by atoms with Gasteiger partial charge >= 0.3 is 0 Å². The average molecular weight is 253 g/mol. The minimum absolute atomic E-state index is 0.0734. The molecular formula is C17H19NO. The molecule has 0 fully saturated rings. The zero-order chi connectivity index (χ0) is 13.7. The van der Waals surface area contributed by atoms with Crippen molar-refractivity contribution in [1.29, 1.82) is 0 Å². The summed E-state index contributed by atoms with van der Waals surface area (Å²) >= 11 is 0. The van der Waals surface area contributed by atoms with Gasteiger partial charge in [0.15, 0.2) is 0 Å². The zero-order valence-electron chi connectivity index (χ0n) is 11.4. The predicted molar refractivity (Wildman–Crippen MR) is 80.2 cm³/mol. The van der Waals surface area contributed by atoms with E-state index in [9.17, 15) is 0 Å². The van der Waals surface area contributed by atoms with Gasteiger partial charge in [0.05, 0.1) is 7.11 Å². The van der Waals surface area contributed by atoms with Gasteiger partial charge in [0.2, 0.25) is 0 Å². The Balaban J connectivity index is 2.33. The van der Waals surface area contributed by atoms with Crippen LogP contribution in [0, 0.1) is 11.8 Å². The molecule has 2 heteroatoms. The third kappa shape index (κ3) is 3.27. The topological polar surface area (TPSA) is 35.2 Å². The van der Waals surface area contributed by atoms with Gasteiger partial charge in [0.25, 0.3) is 0 Å². The molecule has 0 aromatic heterocycles. The lowest BCUT2D eigenvalue weighted by atomic mass is 9.98. The fourth-order valence-corrected chi connectivity index (χ4v) is 2.21. The van der Waals surface area contributed by atoms with Crippen molar-refractivity contribution in [1.82, 2.24) is 0 Å². The summed E-state index contributed by atoms with van der Waals surface area (Å²) in [5.41, 5.74) is 7.37. The Morgan fingerprint density at radius 1 is 1.26 bits per heavy atom. The quantitative estimate of drug-likeness (QED) is 0.850. The molecule has 0 aliphatic rings. The SMILES string of the molecule is CC#CCC(N)Cc1cccc2ccc(OC)cc12. The summed E-state index contributed by atoms with van der Waals surface area (Å²) in [6, 6.07) is 12.5. The molecule has 0 aliphatic carbocycles. The molecule has 98 valence electrons. The summed E-state index contributed by atoms with van der Waals surface area (Å²) in [5.74, 6) is 6.81. The second-order valence-corrected chi connectivity index (χ2v) is 4.60. The molecular weight excluding hydrogens is 234 g/mol. The van der Waals surface area contributed by atoms with E-state index in [0.717, 1.165) is 18.6 Å². The van der Waals surface area contributed by atoms with E-state index in [2.05, 4.69) is 42.2 Å². The number of rotatable bonds is 4. The van der Waals surface area contributed by atoms with Crippen molar-refractivity contribution in [2.24, 2.45) is 5.73 Å². The lowest BCUT2D eigenvalue weighted by Crippen LogP contribution is -2.22. The highest BCUT2D eigenvalue weighted by molar-refractivity contribution is 5.87. The third-order valence-corrected chi connectivity index (χ3v) is 3.20. The van der Waals surface area contributed by atoms with Crippen molar-refractivity contribution >= 4 is 10.8 Å².